The fourth-order valence-corrected chi connectivity index (χ4v) is 4.45. The smallest absolute Gasteiger partial charge is 0.304 e. The molecule has 2 heterocycles. The highest BCUT2D eigenvalue weighted by atomic mass is 32.2. The number of rotatable bonds is 3. The summed E-state index contributed by atoms with van der Waals surface area (Å²) in [6.45, 7) is 0.660. The third-order valence-electron chi connectivity index (χ3n) is 3.32. The molecule has 0 bridgehead atoms. The monoisotopic (exact) mass is 344 g/mol. The zero-order valence-electron chi connectivity index (χ0n) is 11.4. The molecule has 1 saturated heterocycles. The summed E-state index contributed by atoms with van der Waals surface area (Å²) < 4.78 is 46.3. The quantitative estimate of drug-likeness (QED) is 0.915. The SMILES string of the molecule is O=C(NS(=O)(=O)N1CCSCC1)c1cc2ccoc2cc1F. The largest absolute Gasteiger partial charge is 0.464 e. The summed E-state index contributed by atoms with van der Waals surface area (Å²) in [6, 6.07) is 3.90. The Kier molecular flexibility index (Phi) is 4.11. The van der Waals surface area contributed by atoms with Crippen LogP contribution in [0.4, 0.5) is 4.39 Å². The zero-order valence-corrected chi connectivity index (χ0v) is 13.0. The van der Waals surface area contributed by atoms with Crippen LogP contribution in [0.2, 0.25) is 0 Å². The number of benzene rings is 1. The molecule has 118 valence electrons. The number of thioether (sulfide) groups is 1. The Bertz CT molecular complexity index is 813. The number of carbonyl (C=O) groups excluding carboxylic acids is 1. The molecule has 0 saturated carbocycles. The fraction of sp³-hybridized carbons (Fsp3) is 0.308. The molecule has 9 heteroatoms. The number of furan rings is 1. The molecule has 1 amide bonds. The molecule has 0 aliphatic carbocycles. The van der Waals surface area contributed by atoms with Crippen LogP contribution in [-0.2, 0) is 10.2 Å². The molecule has 0 spiro atoms. The molecule has 1 N–H and O–H groups in total. The summed E-state index contributed by atoms with van der Waals surface area (Å²) in [7, 11) is -3.96. The zero-order chi connectivity index (χ0) is 15.7. The number of hydrogen-bond donors (Lipinski definition) is 1. The van der Waals surface area contributed by atoms with E-state index in [1.807, 2.05) is 4.72 Å². The Hall–Kier alpha value is -1.58. The van der Waals surface area contributed by atoms with Crippen molar-refractivity contribution in [2.24, 2.45) is 0 Å². The molecule has 1 aromatic heterocycles. The molecule has 6 nitrogen and oxygen atoms in total. The van der Waals surface area contributed by atoms with E-state index in [1.165, 1.54) is 16.6 Å². The summed E-state index contributed by atoms with van der Waals surface area (Å²) in [5, 5.41) is 0.526. The van der Waals surface area contributed by atoms with Gasteiger partial charge in [0.05, 0.1) is 11.8 Å². The van der Waals surface area contributed by atoms with Gasteiger partial charge in [0.2, 0.25) is 0 Å². The van der Waals surface area contributed by atoms with Crippen molar-refractivity contribution >= 4 is 38.8 Å². The third kappa shape index (κ3) is 2.96. The molecule has 1 aliphatic heterocycles. The van der Waals surface area contributed by atoms with E-state index >= 15 is 0 Å². The standard InChI is InChI=1S/C13H13FN2O4S2/c14-11-8-12-9(1-4-20-12)7-10(11)13(17)15-22(18,19)16-2-5-21-6-3-16/h1,4,7-8H,2-3,5-6H2,(H,15,17). The maximum atomic E-state index is 13.9. The number of amides is 1. The first kappa shape index (κ1) is 15.3. The topological polar surface area (TPSA) is 79.6 Å². The van der Waals surface area contributed by atoms with Gasteiger partial charge >= 0.3 is 10.2 Å². The first-order chi connectivity index (χ1) is 10.5. The highest BCUT2D eigenvalue weighted by Crippen LogP contribution is 2.20. The maximum absolute atomic E-state index is 13.9. The lowest BCUT2D eigenvalue weighted by Crippen LogP contribution is -2.47. The van der Waals surface area contributed by atoms with E-state index in [9.17, 15) is 17.6 Å². The van der Waals surface area contributed by atoms with E-state index in [0.717, 1.165) is 6.07 Å². The van der Waals surface area contributed by atoms with Crippen molar-refractivity contribution in [3.05, 3.63) is 35.8 Å². The van der Waals surface area contributed by atoms with Crippen molar-refractivity contribution < 1.29 is 22.0 Å². The van der Waals surface area contributed by atoms with Gasteiger partial charge in [0.15, 0.2) is 0 Å². The van der Waals surface area contributed by atoms with E-state index in [2.05, 4.69) is 0 Å². The molecule has 1 aliphatic rings. The van der Waals surface area contributed by atoms with Crippen LogP contribution in [0.5, 0.6) is 0 Å². The van der Waals surface area contributed by atoms with Crippen LogP contribution in [0, 0.1) is 5.82 Å². The summed E-state index contributed by atoms with van der Waals surface area (Å²) in [5.41, 5.74) is -0.0335. The maximum Gasteiger partial charge on any atom is 0.304 e. The molecule has 1 aromatic carbocycles. The van der Waals surface area contributed by atoms with Crippen LogP contribution in [0.1, 0.15) is 10.4 Å². The Labute approximate surface area is 130 Å². The van der Waals surface area contributed by atoms with Gasteiger partial charge in [-0.1, -0.05) is 0 Å². The number of nitrogens with zero attached hydrogens (tertiary/aromatic N) is 1. The van der Waals surface area contributed by atoms with E-state index in [-0.39, 0.29) is 5.56 Å². The summed E-state index contributed by atoms with van der Waals surface area (Å²) in [5.74, 6) is -0.474. The minimum Gasteiger partial charge on any atom is -0.464 e. The molecule has 3 rings (SSSR count). The molecule has 1 fully saturated rings. The van der Waals surface area contributed by atoms with Gasteiger partial charge < -0.3 is 4.42 Å². The summed E-state index contributed by atoms with van der Waals surface area (Å²) in [6.07, 6.45) is 1.37. The third-order valence-corrected chi connectivity index (χ3v) is 5.75. The van der Waals surface area contributed by atoms with E-state index in [0.29, 0.717) is 35.6 Å². The minimum atomic E-state index is -3.96. The second-order valence-corrected chi connectivity index (χ2v) is 7.63. The van der Waals surface area contributed by atoms with Gasteiger partial charge in [-0.2, -0.15) is 24.5 Å². The Morgan fingerprint density at radius 3 is 2.77 bits per heavy atom. The van der Waals surface area contributed by atoms with Crippen LogP contribution in [0.3, 0.4) is 0 Å². The van der Waals surface area contributed by atoms with Crippen LogP contribution < -0.4 is 4.72 Å². The van der Waals surface area contributed by atoms with Gasteiger partial charge in [-0.15, -0.1) is 0 Å². The summed E-state index contributed by atoms with van der Waals surface area (Å²) >= 11 is 1.65. The molecule has 2 aromatic rings. The number of halogens is 1. The molecule has 0 unspecified atom stereocenters. The van der Waals surface area contributed by atoms with Gasteiger partial charge in [0.1, 0.15) is 11.4 Å². The van der Waals surface area contributed by atoms with Gasteiger partial charge in [0, 0.05) is 36.0 Å². The first-order valence-corrected chi connectivity index (χ1v) is 9.13. The molecular weight excluding hydrogens is 331 g/mol. The number of fused-ring (bicyclic) bond motifs is 1. The van der Waals surface area contributed by atoms with Gasteiger partial charge in [-0.05, 0) is 12.1 Å². The fourth-order valence-electron chi connectivity index (χ4n) is 2.18. The van der Waals surface area contributed by atoms with E-state index < -0.39 is 21.9 Å². The summed E-state index contributed by atoms with van der Waals surface area (Å²) in [4.78, 5) is 12.1. The number of nitrogens with one attached hydrogen (secondary N) is 1. The number of hydrogen-bond acceptors (Lipinski definition) is 5. The van der Waals surface area contributed by atoms with Gasteiger partial charge in [0.25, 0.3) is 5.91 Å². The highest BCUT2D eigenvalue weighted by Gasteiger charge is 2.27. The van der Waals surface area contributed by atoms with Gasteiger partial charge in [-0.25, -0.2) is 9.11 Å². The lowest BCUT2D eigenvalue weighted by atomic mass is 10.1. The molecule has 0 radical (unpaired) electrons. The Morgan fingerprint density at radius 2 is 2.05 bits per heavy atom. The predicted molar refractivity (Wildman–Crippen MR) is 81.5 cm³/mol. The first-order valence-electron chi connectivity index (χ1n) is 6.54. The predicted octanol–water partition coefficient (Wildman–Crippen LogP) is 1.60. The average Bonchev–Trinajstić information content (AvgIpc) is 2.94. The Morgan fingerprint density at radius 1 is 1.32 bits per heavy atom. The van der Waals surface area contributed by atoms with Crippen molar-refractivity contribution in [1.82, 2.24) is 9.03 Å². The Balaban J connectivity index is 1.84. The van der Waals surface area contributed by atoms with E-state index in [4.69, 9.17) is 4.42 Å². The second kappa shape index (κ2) is 5.90. The highest BCUT2D eigenvalue weighted by molar-refractivity contribution is 7.99. The van der Waals surface area contributed by atoms with Crippen molar-refractivity contribution in [3.63, 3.8) is 0 Å². The van der Waals surface area contributed by atoms with Crippen molar-refractivity contribution in [2.75, 3.05) is 24.6 Å². The van der Waals surface area contributed by atoms with E-state index in [1.54, 1.807) is 17.8 Å². The molecular formula is C13H13FN2O4S2. The second-order valence-electron chi connectivity index (χ2n) is 4.74. The lowest BCUT2D eigenvalue weighted by molar-refractivity contribution is 0.0975. The van der Waals surface area contributed by atoms with Crippen LogP contribution in [0.15, 0.2) is 28.9 Å². The van der Waals surface area contributed by atoms with Crippen LogP contribution >= 0.6 is 11.8 Å². The minimum absolute atomic E-state index is 0.296. The number of carbonyl (C=O) groups is 1. The van der Waals surface area contributed by atoms with Crippen molar-refractivity contribution in [3.8, 4) is 0 Å². The van der Waals surface area contributed by atoms with Crippen molar-refractivity contribution in [1.29, 1.82) is 0 Å². The van der Waals surface area contributed by atoms with Crippen LogP contribution in [-0.4, -0.2) is 43.2 Å². The average molecular weight is 344 g/mol. The molecule has 22 heavy (non-hydrogen) atoms. The molecule has 0 atom stereocenters. The van der Waals surface area contributed by atoms with Crippen LogP contribution in [0.25, 0.3) is 11.0 Å². The lowest BCUT2D eigenvalue weighted by Gasteiger charge is -2.25. The van der Waals surface area contributed by atoms with Crippen molar-refractivity contribution in [2.45, 2.75) is 0 Å². The van der Waals surface area contributed by atoms with Gasteiger partial charge in [-0.3, -0.25) is 4.79 Å². The normalized spacial score (nSPS) is 16.8.